The fourth-order valence-electron chi connectivity index (χ4n) is 2.39. The number of esters is 2. The highest BCUT2D eigenvalue weighted by atomic mass is 19.4. The Morgan fingerprint density at radius 2 is 1.73 bits per heavy atom. The standard InChI is InChI=1S/C15H12F5NO5/c1-24-13(22)8-5-26-6-21(12(8)14(23)25-2)10-4-7(16)3-9(17)11(10)15(18,19)20/h3-4H,5-6H2,1-2H3. The van der Waals surface area contributed by atoms with Crippen LogP contribution < -0.4 is 4.90 Å². The van der Waals surface area contributed by atoms with Crippen LogP contribution in [0.4, 0.5) is 27.6 Å². The zero-order valence-electron chi connectivity index (χ0n) is 13.4. The van der Waals surface area contributed by atoms with Crippen LogP contribution in [0.25, 0.3) is 0 Å². The average molecular weight is 381 g/mol. The van der Waals surface area contributed by atoms with Crippen LogP contribution >= 0.6 is 0 Å². The fraction of sp³-hybridized carbons (Fsp3) is 0.333. The second-order valence-corrected chi connectivity index (χ2v) is 5.00. The van der Waals surface area contributed by atoms with Crippen LogP contribution in [0.15, 0.2) is 23.4 Å². The van der Waals surface area contributed by atoms with Gasteiger partial charge in [0, 0.05) is 6.07 Å². The predicted molar refractivity (Wildman–Crippen MR) is 75.7 cm³/mol. The molecule has 0 bridgehead atoms. The van der Waals surface area contributed by atoms with Crippen molar-refractivity contribution in [2.45, 2.75) is 6.18 Å². The van der Waals surface area contributed by atoms with E-state index < -0.39 is 65.6 Å². The van der Waals surface area contributed by atoms with Crippen LogP contribution in [0.1, 0.15) is 5.56 Å². The van der Waals surface area contributed by atoms with E-state index >= 15 is 0 Å². The minimum Gasteiger partial charge on any atom is -0.466 e. The van der Waals surface area contributed by atoms with Crippen molar-refractivity contribution in [3.63, 3.8) is 0 Å². The summed E-state index contributed by atoms with van der Waals surface area (Å²) in [7, 11) is 1.90. The second-order valence-electron chi connectivity index (χ2n) is 5.00. The summed E-state index contributed by atoms with van der Waals surface area (Å²) in [6.45, 7) is -1.15. The van der Waals surface area contributed by atoms with Crippen molar-refractivity contribution in [3.8, 4) is 0 Å². The van der Waals surface area contributed by atoms with Gasteiger partial charge in [-0.25, -0.2) is 18.4 Å². The van der Waals surface area contributed by atoms with Gasteiger partial charge >= 0.3 is 18.1 Å². The van der Waals surface area contributed by atoms with Crippen molar-refractivity contribution in [2.75, 3.05) is 32.5 Å². The van der Waals surface area contributed by atoms with E-state index in [0.29, 0.717) is 11.0 Å². The van der Waals surface area contributed by atoms with Crippen molar-refractivity contribution < 1.29 is 45.8 Å². The van der Waals surface area contributed by atoms with Gasteiger partial charge < -0.3 is 19.1 Å². The summed E-state index contributed by atoms with van der Waals surface area (Å²) in [6.07, 6.45) is -5.21. The van der Waals surface area contributed by atoms with Gasteiger partial charge in [0.2, 0.25) is 0 Å². The highest BCUT2D eigenvalue weighted by Gasteiger charge is 2.42. The normalized spacial score (nSPS) is 15.1. The van der Waals surface area contributed by atoms with E-state index in [1.54, 1.807) is 0 Å². The van der Waals surface area contributed by atoms with Gasteiger partial charge in [0.25, 0.3) is 0 Å². The van der Waals surface area contributed by atoms with E-state index in [-0.39, 0.29) is 6.07 Å². The van der Waals surface area contributed by atoms with E-state index in [9.17, 15) is 31.5 Å². The number of rotatable bonds is 3. The van der Waals surface area contributed by atoms with E-state index in [1.807, 2.05) is 0 Å². The second kappa shape index (κ2) is 7.28. The molecule has 0 spiro atoms. The van der Waals surface area contributed by atoms with Crippen molar-refractivity contribution in [1.29, 1.82) is 0 Å². The lowest BCUT2D eigenvalue weighted by Gasteiger charge is -2.33. The molecular weight excluding hydrogens is 369 g/mol. The Bertz CT molecular complexity index is 774. The number of carbonyl (C=O) groups excluding carboxylic acids is 2. The first kappa shape index (κ1) is 19.6. The van der Waals surface area contributed by atoms with Gasteiger partial charge in [0.15, 0.2) is 0 Å². The lowest BCUT2D eigenvalue weighted by molar-refractivity contribution is -0.141. The molecule has 0 amide bonds. The number of nitrogens with zero attached hydrogens (tertiary/aromatic N) is 1. The van der Waals surface area contributed by atoms with Gasteiger partial charge in [-0.05, 0) is 6.07 Å². The first-order valence-corrected chi connectivity index (χ1v) is 6.93. The molecule has 0 atom stereocenters. The first-order valence-electron chi connectivity index (χ1n) is 6.93. The summed E-state index contributed by atoms with van der Waals surface area (Å²) >= 11 is 0. The van der Waals surface area contributed by atoms with Gasteiger partial charge in [0.1, 0.15) is 29.6 Å². The number of anilines is 1. The van der Waals surface area contributed by atoms with E-state index in [1.165, 1.54) is 0 Å². The predicted octanol–water partition coefficient (Wildman–Crippen LogP) is 2.38. The zero-order valence-corrected chi connectivity index (χ0v) is 13.4. The number of hydrogen-bond donors (Lipinski definition) is 0. The largest absolute Gasteiger partial charge is 0.466 e. The fourth-order valence-corrected chi connectivity index (χ4v) is 2.39. The highest BCUT2D eigenvalue weighted by Crippen LogP contribution is 2.41. The molecule has 0 aliphatic carbocycles. The molecule has 0 radical (unpaired) electrons. The molecular formula is C15H12F5NO5. The van der Waals surface area contributed by atoms with Crippen molar-refractivity contribution in [1.82, 2.24) is 0 Å². The highest BCUT2D eigenvalue weighted by molar-refractivity contribution is 6.03. The average Bonchev–Trinajstić information content (AvgIpc) is 2.57. The number of halogens is 5. The van der Waals surface area contributed by atoms with Gasteiger partial charge in [-0.1, -0.05) is 0 Å². The quantitative estimate of drug-likeness (QED) is 0.592. The Labute approximate surface area is 143 Å². The molecule has 26 heavy (non-hydrogen) atoms. The third-order valence-corrected chi connectivity index (χ3v) is 3.44. The lowest BCUT2D eigenvalue weighted by Crippen LogP contribution is -2.40. The summed E-state index contributed by atoms with van der Waals surface area (Å²) in [5, 5.41) is 0. The first-order chi connectivity index (χ1) is 12.1. The van der Waals surface area contributed by atoms with E-state index in [4.69, 9.17) is 4.74 Å². The maximum Gasteiger partial charge on any atom is 0.421 e. The van der Waals surface area contributed by atoms with Crippen molar-refractivity contribution in [3.05, 3.63) is 40.6 Å². The molecule has 0 saturated carbocycles. The van der Waals surface area contributed by atoms with Gasteiger partial charge in [-0.15, -0.1) is 0 Å². The third-order valence-electron chi connectivity index (χ3n) is 3.44. The number of hydrogen-bond acceptors (Lipinski definition) is 6. The Morgan fingerprint density at radius 3 is 2.27 bits per heavy atom. The Morgan fingerprint density at radius 1 is 1.12 bits per heavy atom. The molecule has 11 heteroatoms. The molecule has 0 saturated heterocycles. The van der Waals surface area contributed by atoms with Crippen LogP contribution in [-0.2, 0) is 30.0 Å². The molecule has 1 aliphatic rings. The molecule has 0 aromatic heterocycles. The molecule has 0 N–H and O–H groups in total. The van der Waals surface area contributed by atoms with Gasteiger partial charge in [0.05, 0.1) is 32.1 Å². The Kier molecular flexibility index (Phi) is 5.50. The SMILES string of the molecule is COC(=O)C1=C(C(=O)OC)N(c2cc(F)cc(F)c2C(F)(F)F)COC1. The van der Waals surface area contributed by atoms with Crippen molar-refractivity contribution in [2.24, 2.45) is 0 Å². The molecule has 1 aromatic carbocycles. The zero-order chi connectivity index (χ0) is 19.6. The molecule has 1 heterocycles. The van der Waals surface area contributed by atoms with Crippen LogP contribution in [0, 0.1) is 11.6 Å². The maximum absolute atomic E-state index is 13.8. The topological polar surface area (TPSA) is 65.1 Å². The summed E-state index contributed by atoms with van der Waals surface area (Å²) in [6, 6.07) is 0.429. The molecule has 2 rings (SSSR count). The minimum atomic E-state index is -5.21. The molecule has 0 unspecified atom stereocenters. The molecule has 1 aromatic rings. The smallest absolute Gasteiger partial charge is 0.421 e. The summed E-state index contributed by atoms with van der Waals surface area (Å²) < 4.78 is 81.2. The molecule has 6 nitrogen and oxygen atoms in total. The van der Waals surface area contributed by atoms with Crippen LogP contribution in [0.3, 0.4) is 0 Å². The van der Waals surface area contributed by atoms with Gasteiger partial charge in [-0.3, -0.25) is 0 Å². The molecule has 142 valence electrons. The molecule has 0 fully saturated rings. The van der Waals surface area contributed by atoms with Crippen LogP contribution in [0.2, 0.25) is 0 Å². The Balaban J connectivity index is 2.77. The van der Waals surface area contributed by atoms with E-state index in [2.05, 4.69) is 9.47 Å². The monoisotopic (exact) mass is 381 g/mol. The minimum absolute atomic E-state index is 0.0554. The maximum atomic E-state index is 13.8. The Hall–Kier alpha value is -2.69. The summed E-state index contributed by atoms with van der Waals surface area (Å²) in [5.74, 6) is -5.48. The summed E-state index contributed by atoms with van der Waals surface area (Å²) in [4.78, 5) is 24.4. The number of benzene rings is 1. The number of alkyl halides is 3. The van der Waals surface area contributed by atoms with Gasteiger partial charge in [-0.2, -0.15) is 13.2 Å². The number of carbonyl (C=O) groups is 2. The molecule has 1 aliphatic heterocycles. The van der Waals surface area contributed by atoms with Crippen LogP contribution in [-0.4, -0.2) is 39.5 Å². The van der Waals surface area contributed by atoms with Crippen LogP contribution in [0.5, 0.6) is 0 Å². The number of ether oxygens (including phenoxy) is 3. The van der Waals surface area contributed by atoms with Crippen molar-refractivity contribution >= 4 is 17.6 Å². The number of methoxy groups -OCH3 is 2. The third kappa shape index (κ3) is 3.62. The van der Waals surface area contributed by atoms with E-state index in [0.717, 1.165) is 14.2 Å². The summed E-state index contributed by atoms with van der Waals surface area (Å²) in [5.41, 5.74) is -3.99. The lowest BCUT2D eigenvalue weighted by atomic mass is 10.1.